The van der Waals surface area contributed by atoms with E-state index in [0.29, 0.717) is 23.7 Å². The van der Waals surface area contributed by atoms with Gasteiger partial charge in [0.15, 0.2) is 5.76 Å². The lowest BCUT2D eigenvalue weighted by Gasteiger charge is -2.09. The topological polar surface area (TPSA) is 39.4 Å². The molecular weight excluding hydrogens is 228 g/mol. The third kappa shape index (κ3) is 2.45. The molecule has 0 aliphatic rings. The lowest BCUT2D eigenvalue weighted by molar-refractivity contribution is 0.100. The van der Waals surface area contributed by atoms with Gasteiger partial charge in [-0.3, -0.25) is 4.79 Å². The van der Waals surface area contributed by atoms with Gasteiger partial charge in [0.1, 0.15) is 11.5 Å². The molecule has 1 aromatic carbocycles. The molecule has 0 atom stereocenters. The highest BCUT2D eigenvalue weighted by Crippen LogP contribution is 2.24. The lowest BCUT2D eigenvalue weighted by Crippen LogP contribution is -2.05. The van der Waals surface area contributed by atoms with Crippen molar-refractivity contribution in [3.05, 3.63) is 53.0 Å². The Hall–Kier alpha value is -2.03. The van der Waals surface area contributed by atoms with Gasteiger partial charge < -0.3 is 9.15 Å². The first-order valence-electron chi connectivity index (χ1n) is 5.96. The van der Waals surface area contributed by atoms with E-state index in [1.807, 2.05) is 39.0 Å². The second-order valence-corrected chi connectivity index (χ2v) is 4.17. The Balaban J connectivity index is 2.42. The number of hydrogen-bond acceptors (Lipinski definition) is 3. The van der Waals surface area contributed by atoms with E-state index in [1.54, 1.807) is 12.1 Å². The molecule has 0 amide bonds. The molecule has 2 aromatic rings. The van der Waals surface area contributed by atoms with Crippen molar-refractivity contribution >= 4 is 5.78 Å². The zero-order valence-corrected chi connectivity index (χ0v) is 10.8. The second-order valence-electron chi connectivity index (χ2n) is 4.17. The van der Waals surface area contributed by atoms with E-state index >= 15 is 0 Å². The number of hydrogen-bond donors (Lipinski definition) is 0. The summed E-state index contributed by atoms with van der Waals surface area (Å²) in [6.45, 7) is 6.18. The highest BCUT2D eigenvalue weighted by atomic mass is 16.5. The summed E-state index contributed by atoms with van der Waals surface area (Å²) >= 11 is 0. The molecule has 1 heterocycles. The van der Waals surface area contributed by atoms with E-state index in [9.17, 15) is 4.79 Å². The zero-order valence-electron chi connectivity index (χ0n) is 10.8. The number of ketones is 1. The van der Waals surface area contributed by atoms with E-state index in [4.69, 9.17) is 9.15 Å². The minimum absolute atomic E-state index is 0.143. The largest absolute Gasteiger partial charge is 0.493 e. The average Bonchev–Trinajstić information content (AvgIpc) is 2.77. The quantitative estimate of drug-likeness (QED) is 0.772. The molecule has 2 rings (SSSR count). The average molecular weight is 244 g/mol. The van der Waals surface area contributed by atoms with Gasteiger partial charge in [0, 0.05) is 0 Å². The van der Waals surface area contributed by atoms with Gasteiger partial charge in [-0.2, -0.15) is 0 Å². The lowest BCUT2D eigenvalue weighted by atomic mass is 10.0. The highest BCUT2D eigenvalue weighted by molar-refractivity contribution is 6.09. The van der Waals surface area contributed by atoms with Crippen molar-refractivity contribution in [3.63, 3.8) is 0 Å². The number of carbonyl (C=O) groups is 1. The van der Waals surface area contributed by atoms with Gasteiger partial charge in [-0.05, 0) is 45.0 Å². The van der Waals surface area contributed by atoms with Gasteiger partial charge in [0.2, 0.25) is 5.78 Å². The Morgan fingerprint density at radius 2 is 2.00 bits per heavy atom. The number of furan rings is 1. The van der Waals surface area contributed by atoms with Crippen molar-refractivity contribution in [2.75, 3.05) is 6.61 Å². The van der Waals surface area contributed by atoms with Crippen LogP contribution >= 0.6 is 0 Å². The molecule has 1 aromatic heterocycles. The molecule has 18 heavy (non-hydrogen) atoms. The maximum absolute atomic E-state index is 12.3. The van der Waals surface area contributed by atoms with Crippen LogP contribution in [0.4, 0.5) is 0 Å². The SMILES string of the molecule is CCOc1ccc(C)cc1C(=O)c1ccc(C)o1. The van der Waals surface area contributed by atoms with Gasteiger partial charge in [0.05, 0.1) is 12.2 Å². The molecule has 0 aliphatic heterocycles. The summed E-state index contributed by atoms with van der Waals surface area (Å²) in [7, 11) is 0. The Kier molecular flexibility index (Phi) is 3.51. The van der Waals surface area contributed by atoms with Crippen molar-refractivity contribution in [2.45, 2.75) is 20.8 Å². The van der Waals surface area contributed by atoms with Crippen LogP contribution in [-0.2, 0) is 0 Å². The van der Waals surface area contributed by atoms with Crippen molar-refractivity contribution in [1.82, 2.24) is 0 Å². The van der Waals surface area contributed by atoms with E-state index in [0.717, 1.165) is 11.3 Å². The Bertz CT molecular complexity index is 567. The van der Waals surface area contributed by atoms with Gasteiger partial charge in [-0.1, -0.05) is 11.6 Å². The fourth-order valence-electron chi connectivity index (χ4n) is 1.79. The molecule has 0 spiro atoms. The summed E-state index contributed by atoms with van der Waals surface area (Å²) in [4.78, 5) is 12.3. The highest BCUT2D eigenvalue weighted by Gasteiger charge is 2.17. The summed E-state index contributed by atoms with van der Waals surface area (Å²) < 4.78 is 10.8. The van der Waals surface area contributed by atoms with Gasteiger partial charge >= 0.3 is 0 Å². The van der Waals surface area contributed by atoms with Crippen molar-refractivity contribution in [1.29, 1.82) is 0 Å². The third-order valence-corrected chi connectivity index (χ3v) is 2.64. The molecule has 0 radical (unpaired) electrons. The van der Waals surface area contributed by atoms with E-state index in [2.05, 4.69) is 0 Å². The molecule has 0 bridgehead atoms. The predicted molar refractivity (Wildman–Crippen MR) is 69.2 cm³/mol. The van der Waals surface area contributed by atoms with Crippen molar-refractivity contribution < 1.29 is 13.9 Å². The molecule has 3 heteroatoms. The van der Waals surface area contributed by atoms with E-state index in [1.165, 1.54) is 0 Å². The van der Waals surface area contributed by atoms with Crippen LogP contribution in [0.15, 0.2) is 34.7 Å². The van der Waals surface area contributed by atoms with Gasteiger partial charge in [0.25, 0.3) is 0 Å². The molecule has 3 nitrogen and oxygen atoms in total. The first-order chi connectivity index (χ1) is 8.61. The standard InChI is InChI=1S/C15H16O3/c1-4-17-13-7-5-10(2)9-12(13)15(16)14-8-6-11(3)18-14/h5-9H,4H2,1-3H3. The maximum atomic E-state index is 12.3. The zero-order chi connectivity index (χ0) is 13.1. The number of ether oxygens (including phenoxy) is 1. The second kappa shape index (κ2) is 5.08. The minimum Gasteiger partial charge on any atom is -0.493 e. The van der Waals surface area contributed by atoms with E-state index < -0.39 is 0 Å². The monoisotopic (exact) mass is 244 g/mol. The van der Waals surface area contributed by atoms with Crippen molar-refractivity contribution in [3.8, 4) is 5.75 Å². The first kappa shape index (κ1) is 12.4. The number of carbonyl (C=O) groups excluding carboxylic acids is 1. The first-order valence-corrected chi connectivity index (χ1v) is 5.96. The van der Waals surface area contributed by atoms with Crippen LogP contribution < -0.4 is 4.74 Å². The molecular formula is C15H16O3. The van der Waals surface area contributed by atoms with Crippen LogP contribution in [0.1, 0.15) is 34.4 Å². The molecule has 0 fully saturated rings. The number of benzene rings is 1. The minimum atomic E-state index is -0.143. The third-order valence-electron chi connectivity index (χ3n) is 2.64. The van der Waals surface area contributed by atoms with E-state index in [-0.39, 0.29) is 5.78 Å². The summed E-state index contributed by atoms with van der Waals surface area (Å²) in [6.07, 6.45) is 0. The number of rotatable bonds is 4. The normalized spacial score (nSPS) is 10.4. The molecule has 0 unspecified atom stereocenters. The summed E-state index contributed by atoms with van der Waals surface area (Å²) in [5, 5.41) is 0. The molecule has 0 N–H and O–H groups in total. The van der Waals surface area contributed by atoms with Gasteiger partial charge in [-0.25, -0.2) is 0 Å². The summed E-state index contributed by atoms with van der Waals surface area (Å²) in [5.41, 5.74) is 1.57. The maximum Gasteiger partial charge on any atom is 0.231 e. The van der Waals surface area contributed by atoms with Crippen LogP contribution in [0.3, 0.4) is 0 Å². The smallest absolute Gasteiger partial charge is 0.231 e. The molecule has 94 valence electrons. The Labute approximate surface area is 106 Å². The summed E-state index contributed by atoms with van der Waals surface area (Å²) in [5.74, 6) is 1.53. The van der Waals surface area contributed by atoms with Crippen LogP contribution in [0.2, 0.25) is 0 Å². The van der Waals surface area contributed by atoms with Crippen LogP contribution in [0.5, 0.6) is 5.75 Å². The fourth-order valence-corrected chi connectivity index (χ4v) is 1.79. The molecule has 0 aliphatic carbocycles. The Morgan fingerprint density at radius 3 is 2.61 bits per heavy atom. The summed E-state index contributed by atoms with van der Waals surface area (Å²) in [6, 6.07) is 9.04. The van der Waals surface area contributed by atoms with Crippen molar-refractivity contribution in [2.24, 2.45) is 0 Å². The predicted octanol–water partition coefficient (Wildman–Crippen LogP) is 3.53. The fraction of sp³-hybridized carbons (Fsp3) is 0.267. The van der Waals surface area contributed by atoms with Gasteiger partial charge in [-0.15, -0.1) is 0 Å². The van der Waals surface area contributed by atoms with Crippen LogP contribution in [0.25, 0.3) is 0 Å². The van der Waals surface area contributed by atoms with Crippen LogP contribution in [-0.4, -0.2) is 12.4 Å². The molecule has 0 saturated heterocycles. The number of aryl methyl sites for hydroxylation is 2. The van der Waals surface area contributed by atoms with Crippen LogP contribution in [0, 0.1) is 13.8 Å². The molecule has 0 saturated carbocycles. The Morgan fingerprint density at radius 1 is 1.22 bits per heavy atom.